The average molecular weight is 295 g/mol. The maximum absolute atomic E-state index is 13.7. The number of hydrogen-bond donors (Lipinski definition) is 1. The maximum Gasteiger partial charge on any atom is 0.323 e. The zero-order chi connectivity index (χ0) is 15.4. The van der Waals surface area contributed by atoms with Gasteiger partial charge in [-0.05, 0) is 12.1 Å². The first-order valence-corrected chi connectivity index (χ1v) is 6.70. The van der Waals surface area contributed by atoms with Crippen molar-refractivity contribution < 1.29 is 19.1 Å². The number of likely N-dealkylation sites (N-methyl/N-ethyl adjacent to an activating group) is 1. The number of urea groups is 1. The number of carbonyl (C=O) groups excluding carboxylic acids is 1. The zero-order valence-corrected chi connectivity index (χ0v) is 11.8. The van der Waals surface area contributed by atoms with Gasteiger partial charge in [-0.25, -0.2) is 9.18 Å². The van der Waals surface area contributed by atoms with E-state index < -0.39 is 5.97 Å². The predicted molar refractivity (Wildman–Crippen MR) is 75.8 cm³/mol. The third-order valence-corrected chi connectivity index (χ3v) is 3.44. The van der Waals surface area contributed by atoms with Crippen molar-refractivity contribution in [1.29, 1.82) is 0 Å². The number of rotatable bonds is 3. The second-order valence-electron chi connectivity index (χ2n) is 4.96. The van der Waals surface area contributed by atoms with Crippen LogP contribution in [0.3, 0.4) is 0 Å². The van der Waals surface area contributed by atoms with Gasteiger partial charge < -0.3 is 19.8 Å². The summed E-state index contributed by atoms with van der Waals surface area (Å²) < 4.78 is 13.7. The highest BCUT2D eigenvalue weighted by Crippen LogP contribution is 2.20. The second-order valence-corrected chi connectivity index (χ2v) is 4.96. The predicted octanol–water partition coefficient (Wildman–Crippen LogP) is 1.08. The van der Waals surface area contributed by atoms with E-state index in [9.17, 15) is 14.0 Å². The molecule has 1 fully saturated rings. The van der Waals surface area contributed by atoms with Crippen LogP contribution in [-0.2, 0) is 4.79 Å². The molecule has 7 heteroatoms. The van der Waals surface area contributed by atoms with Gasteiger partial charge in [0.15, 0.2) is 0 Å². The van der Waals surface area contributed by atoms with Gasteiger partial charge in [-0.2, -0.15) is 0 Å². The smallest absolute Gasteiger partial charge is 0.323 e. The molecule has 1 aromatic rings. The highest BCUT2D eigenvalue weighted by molar-refractivity contribution is 5.80. The van der Waals surface area contributed by atoms with E-state index in [4.69, 9.17) is 5.11 Å². The van der Waals surface area contributed by atoms with Crippen molar-refractivity contribution in [2.45, 2.75) is 0 Å². The van der Waals surface area contributed by atoms with Gasteiger partial charge in [0.25, 0.3) is 0 Å². The lowest BCUT2D eigenvalue weighted by molar-refractivity contribution is -0.137. The molecule has 1 aromatic carbocycles. The van der Waals surface area contributed by atoms with Gasteiger partial charge in [-0.1, -0.05) is 12.1 Å². The minimum atomic E-state index is -1.05. The summed E-state index contributed by atoms with van der Waals surface area (Å²) in [6.45, 7) is 1.60. The van der Waals surface area contributed by atoms with E-state index in [1.165, 1.54) is 18.0 Å². The van der Waals surface area contributed by atoms with Gasteiger partial charge in [0, 0.05) is 33.2 Å². The van der Waals surface area contributed by atoms with Crippen molar-refractivity contribution >= 4 is 17.7 Å². The highest BCUT2D eigenvalue weighted by atomic mass is 19.1. The largest absolute Gasteiger partial charge is 0.480 e. The van der Waals surface area contributed by atoms with Crippen molar-refractivity contribution in [3.8, 4) is 0 Å². The zero-order valence-electron chi connectivity index (χ0n) is 11.8. The molecule has 1 aliphatic rings. The number of amides is 2. The van der Waals surface area contributed by atoms with Crippen LogP contribution in [0.5, 0.6) is 0 Å². The molecule has 0 aliphatic carbocycles. The van der Waals surface area contributed by atoms with Crippen LogP contribution in [0, 0.1) is 5.82 Å². The second kappa shape index (κ2) is 6.43. The van der Waals surface area contributed by atoms with Gasteiger partial charge in [-0.15, -0.1) is 0 Å². The summed E-state index contributed by atoms with van der Waals surface area (Å²) in [5.41, 5.74) is 0.531. The monoisotopic (exact) mass is 295 g/mol. The molecule has 0 unspecified atom stereocenters. The van der Waals surface area contributed by atoms with Crippen LogP contribution in [0.15, 0.2) is 24.3 Å². The minimum absolute atomic E-state index is 0.278. The Morgan fingerprint density at radius 2 is 1.86 bits per heavy atom. The van der Waals surface area contributed by atoms with Gasteiger partial charge in [0.05, 0.1) is 5.69 Å². The number of benzene rings is 1. The van der Waals surface area contributed by atoms with E-state index in [1.807, 2.05) is 4.90 Å². The number of nitrogens with zero attached hydrogens (tertiary/aromatic N) is 3. The first-order valence-electron chi connectivity index (χ1n) is 6.70. The van der Waals surface area contributed by atoms with E-state index in [0.29, 0.717) is 31.9 Å². The Kier molecular flexibility index (Phi) is 4.62. The number of halogens is 1. The van der Waals surface area contributed by atoms with Gasteiger partial charge >= 0.3 is 12.0 Å². The number of para-hydroxylation sites is 1. The summed E-state index contributed by atoms with van der Waals surface area (Å²) in [6.07, 6.45) is 0. The van der Waals surface area contributed by atoms with E-state index >= 15 is 0 Å². The number of aliphatic carboxylic acids is 1. The van der Waals surface area contributed by atoms with Crippen LogP contribution in [-0.4, -0.2) is 66.7 Å². The molecule has 0 bridgehead atoms. The quantitative estimate of drug-likeness (QED) is 0.906. The standard InChI is InChI=1S/C14H18FN3O3/c1-16(10-13(19)20)14(21)18-8-6-17(7-9-18)12-5-3-2-4-11(12)15/h2-5H,6-10H2,1H3,(H,19,20). The van der Waals surface area contributed by atoms with Crippen molar-refractivity contribution in [2.24, 2.45) is 0 Å². The molecule has 0 atom stereocenters. The van der Waals surface area contributed by atoms with E-state index in [-0.39, 0.29) is 18.4 Å². The molecule has 0 radical (unpaired) electrons. The SMILES string of the molecule is CN(CC(=O)O)C(=O)N1CCN(c2ccccc2F)CC1. The number of hydrogen-bond acceptors (Lipinski definition) is 3. The molecule has 2 rings (SSSR count). The summed E-state index contributed by atoms with van der Waals surface area (Å²) in [5, 5.41) is 8.69. The Morgan fingerprint density at radius 1 is 1.24 bits per heavy atom. The molecular weight excluding hydrogens is 277 g/mol. The fourth-order valence-electron chi connectivity index (χ4n) is 2.36. The van der Waals surface area contributed by atoms with Gasteiger partial charge in [0.1, 0.15) is 12.4 Å². The molecule has 0 spiro atoms. The van der Waals surface area contributed by atoms with Crippen molar-refractivity contribution in [3.05, 3.63) is 30.1 Å². The molecule has 0 aromatic heterocycles. The van der Waals surface area contributed by atoms with Crippen LogP contribution in [0.2, 0.25) is 0 Å². The number of piperazine rings is 1. The van der Waals surface area contributed by atoms with Crippen molar-refractivity contribution in [2.75, 3.05) is 44.7 Å². The lowest BCUT2D eigenvalue weighted by Gasteiger charge is -2.37. The third kappa shape index (κ3) is 3.62. The number of carboxylic acid groups (broad SMARTS) is 1. The molecule has 1 saturated heterocycles. The van der Waals surface area contributed by atoms with E-state index in [2.05, 4.69) is 0 Å². The average Bonchev–Trinajstić information content (AvgIpc) is 2.46. The lowest BCUT2D eigenvalue weighted by atomic mass is 10.2. The third-order valence-electron chi connectivity index (χ3n) is 3.44. The Bertz CT molecular complexity index is 530. The Hall–Kier alpha value is -2.31. The fourth-order valence-corrected chi connectivity index (χ4v) is 2.36. The molecule has 1 aliphatic heterocycles. The van der Waals surface area contributed by atoms with E-state index in [0.717, 1.165) is 0 Å². The molecule has 21 heavy (non-hydrogen) atoms. The van der Waals surface area contributed by atoms with Gasteiger partial charge in [-0.3, -0.25) is 4.79 Å². The number of carbonyl (C=O) groups is 2. The summed E-state index contributed by atoms with van der Waals surface area (Å²) in [5.74, 6) is -1.32. The lowest BCUT2D eigenvalue weighted by Crippen LogP contribution is -2.53. The topological polar surface area (TPSA) is 64.1 Å². The maximum atomic E-state index is 13.7. The van der Waals surface area contributed by atoms with Crippen LogP contribution in [0.4, 0.5) is 14.9 Å². The molecule has 0 saturated carbocycles. The number of carboxylic acids is 1. The fraction of sp³-hybridized carbons (Fsp3) is 0.429. The molecule has 1 N–H and O–H groups in total. The van der Waals surface area contributed by atoms with Crippen LogP contribution in [0.1, 0.15) is 0 Å². The van der Waals surface area contributed by atoms with Gasteiger partial charge in [0.2, 0.25) is 0 Å². The van der Waals surface area contributed by atoms with Crippen molar-refractivity contribution in [1.82, 2.24) is 9.80 Å². The van der Waals surface area contributed by atoms with Crippen molar-refractivity contribution in [3.63, 3.8) is 0 Å². The molecule has 1 heterocycles. The summed E-state index contributed by atoms with van der Waals surface area (Å²) in [4.78, 5) is 27.3. The first-order chi connectivity index (χ1) is 9.99. The highest BCUT2D eigenvalue weighted by Gasteiger charge is 2.25. The first kappa shape index (κ1) is 15.1. The Morgan fingerprint density at radius 3 is 2.43 bits per heavy atom. The van der Waals surface area contributed by atoms with E-state index in [1.54, 1.807) is 23.1 Å². The molecule has 114 valence electrons. The Balaban J connectivity index is 1.93. The number of anilines is 1. The summed E-state index contributed by atoms with van der Waals surface area (Å²) in [7, 11) is 1.46. The van der Waals surface area contributed by atoms with Crippen LogP contribution >= 0.6 is 0 Å². The van der Waals surface area contributed by atoms with Crippen LogP contribution in [0.25, 0.3) is 0 Å². The summed E-state index contributed by atoms with van der Waals surface area (Å²) in [6, 6.07) is 6.22. The molecular formula is C14H18FN3O3. The Labute approximate surface area is 122 Å². The van der Waals surface area contributed by atoms with Crippen LogP contribution < -0.4 is 4.90 Å². The molecule has 2 amide bonds. The summed E-state index contributed by atoms with van der Waals surface area (Å²) >= 11 is 0. The minimum Gasteiger partial charge on any atom is -0.480 e. The normalized spacial score (nSPS) is 15.0. The molecule has 6 nitrogen and oxygen atoms in total.